The molecule has 0 aliphatic heterocycles. The van der Waals surface area contributed by atoms with Gasteiger partial charge in [-0.1, -0.05) is 13.0 Å². The van der Waals surface area contributed by atoms with Crippen LogP contribution in [0.4, 0.5) is 0 Å². The van der Waals surface area contributed by atoms with Crippen LogP contribution in [0.5, 0.6) is 5.75 Å². The highest BCUT2D eigenvalue weighted by molar-refractivity contribution is 5.93. The van der Waals surface area contributed by atoms with Gasteiger partial charge in [-0.05, 0) is 44.6 Å². The molecule has 1 aromatic carbocycles. The van der Waals surface area contributed by atoms with Crippen LogP contribution < -0.4 is 4.74 Å². The second-order valence-corrected chi connectivity index (χ2v) is 7.49. The molecule has 0 N–H and O–H groups in total. The first kappa shape index (κ1) is 21.0. The maximum absolute atomic E-state index is 12.3. The molecule has 0 saturated carbocycles. The zero-order valence-electron chi connectivity index (χ0n) is 17.7. The van der Waals surface area contributed by atoms with Crippen LogP contribution in [-0.4, -0.2) is 19.0 Å². The Morgan fingerprint density at radius 1 is 1.24 bits per heavy atom. The monoisotopic (exact) mass is 400 g/mol. The van der Waals surface area contributed by atoms with Crippen LogP contribution >= 0.6 is 0 Å². The zero-order chi connectivity index (χ0) is 21.1. The Morgan fingerprint density at radius 3 is 2.66 bits per heavy atom. The summed E-state index contributed by atoms with van der Waals surface area (Å²) in [6, 6.07) is 0. The van der Waals surface area contributed by atoms with Crippen LogP contribution in [0.15, 0.2) is 22.3 Å². The molecule has 1 aliphatic rings. The van der Waals surface area contributed by atoms with Crippen LogP contribution in [0.25, 0.3) is 11.0 Å². The third-order valence-electron chi connectivity index (χ3n) is 5.59. The number of hydrogen-bond acceptors (Lipinski definition) is 6. The van der Waals surface area contributed by atoms with E-state index in [0.29, 0.717) is 17.1 Å². The Morgan fingerprint density at radius 2 is 2.00 bits per heavy atom. The van der Waals surface area contributed by atoms with Gasteiger partial charge in [-0.3, -0.25) is 4.79 Å². The molecule has 0 radical (unpaired) electrons. The lowest BCUT2D eigenvalue weighted by Gasteiger charge is -2.28. The van der Waals surface area contributed by atoms with Gasteiger partial charge in [0.2, 0.25) is 0 Å². The fourth-order valence-corrected chi connectivity index (χ4v) is 4.06. The summed E-state index contributed by atoms with van der Waals surface area (Å²) in [5.74, 6) is 0.299. The fourth-order valence-electron chi connectivity index (χ4n) is 4.06. The first-order chi connectivity index (χ1) is 13.9. The minimum absolute atomic E-state index is 0.0908. The van der Waals surface area contributed by atoms with Crippen molar-refractivity contribution in [1.82, 2.24) is 0 Å². The fraction of sp³-hybridized carbons (Fsp3) is 0.478. The largest absolute Gasteiger partial charge is 0.493 e. The number of hydrogen-bond donors (Lipinski definition) is 0. The van der Waals surface area contributed by atoms with E-state index in [9.17, 15) is 9.59 Å². The molecule has 1 aliphatic carbocycles. The number of carbonyl (C=O) groups is 2. The number of carbonyl (C=O) groups excluding carboxylic acids is 2. The molecule has 1 heterocycles. The summed E-state index contributed by atoms with van der Waals surface area (Å²) in [4.78, 5) is 23.6. The lowest BCUT2D eigenvalue weighted by atomic mass is 9.79. The number of ether oxygens (including phenoxy) is 3. The van der Waals surface area contributed by atoms with Crippen molar-refractivity contribution >= 4 is 22.9 Å². The molecule has 0 amide bonds. The van der Waals surface area contributed by atoms with Gasteiger partial charge in [0.15, 0.2) is 11.3 Å². The molecule has 1 atom stereocenters. The Labute approximate surface area is 170 Å². The Balaban J connectivity index is 2.18. The van der Waals surface area contributed by atoms with Crippen molar-refractivity contribution < 1.29 is 28.2 Å². The van der Waals surface area contributed by atoms with Crippen molar-refractivity contribution in [2.45, 2.75) is 66.1 Å². The highest BCUT2D eigenvalue weighted by Crippen LogP contribution is 2.46. The Bertz CT molecular complexity index is 966. The standard InChI is InChI=1S/C23H28O6/c1-6-13(2)23(25)29-12-18-19-14(3)8-7-9-17(19)21(26-5)22-20(18)16(11-28-22)10-27-15(4)24/h6,11,14H,7-10,12H2,1-5H3. The van der Waals surface area contributed by atoms with Crippen molar-refractivity contribution in [1.29, 1.82) is 0 Å². The number of methoxy groups -OCH3 is 1. The van der Waals surface area contributed by atoms with Crippen molar-refractivity contribution in [2.24, 2.45) is 0 Å². The van der Waals surface area contributed by atoms with E-state index in [1.54, 1.807) is 33.3 Å². The minimum Gasteiger partial charge on any atom is -0.493 e. The average Bonchev–Trinajstić information content (AvgIpc) is 3.12. The molecular weight excluding hydrogens is 372 g/mol. The summed E-state index contributed by atoms with van der Waals surface area (Å²) in [7, 11) is 1.64. The number of rotatable bonds is 6. The van der Waals surface area contributed by atoms with Gasteiger partial charge in [0.25, 0.3) is 0 Å². The summed E-state index contributed by atoms with van der Waals surface area (Å²) in [5, 5.41) is 0.807. The van der Waals surface area contributed by atoms with Gasteiger partial charge in [-0.15, -0.1) is 0 Å². The molecule has 6 nitrogen and oxygen atoms in total. The highest BCUT2D eigenvalue weighted by atomic mass is 16.5. The molecule has 0 bridgehead atoms. The second kappa shape index (κ2) is 8.72. The first-order valence-electron chi connectivity index (χ1n) is 9.94. The molecule has 3 rings (SSSR count). The summed E-state index contributed by atoms with van der Waals surface area (Å²) in [6.07, 6.45) is 6.32. The topological polar surface area (TPSA) is 75.0 Å². The van der Waals surface area contributed by atoms with Crippen molar-refractivity contribution in [3.8, 4) is 5.75 Å². The quantitative estimate of drug-likeness (QED) is 0.504. The summed E-state index contributed by atoms with van der Waals surface area (Å²) < 4.78 is 22.4. The molecule has 0 spiro atoms. The van der Waals surface area contributed by atoms with E-state index in [0.717, 1.165) is 52.7 Å². The Hall–Kier alpha value is -2.76. The van der Waals surface area contributed by atoms with Crippen LogP contribution in [0, 0.1) is 0 Å². The van der Waals surface area contributed by atoms with Crippen molar-refractivity contribution in [3.05, 3.63) is 40.2 Å². The van der Waals surface area contributed by atoms with E-state index in [4.69, 9.17) is 18.6 Å². The molecule has 156 valence electrons. The van der Waals surface area contributed by atoms with Gasteiger partial charge < -0.3 is 18.6 Å². The van der Waals surface area contributed by atoms with E-state index in [-0.39, 0.29) is 25.2 Å². The second-order valence-electron chi connectivity index (χ2n) is 7.49. The molecule has 2 aromatic rings. The molecule has 1 unspecified atom stereocenters. The van der Waals surface area contributed by atoms with Gasteiger partial charge in [0.1, 0.15) is 13.2 Å². The first-order valence-corrected chi connectivity index (χ1v) is 9.94. The molecule has 6 heteroatoms. The normalized spacial score (nSPS) is 16.4. The van der Waals surface area contributed by atoms with Gasteiger partial charge >= 0.3 is 11.9 Å². The van der Waals surface area contributed by atoms with E-state index in [2.05, 4.69) is 6.92 Å². The van der Waals surface area contributed by atoms with Crippen molar-refractivity contribution in [3.63, 3.8) is 0 Å². The molecular formula is C23H28O6. The minimum atomic E-state index is -0.366. The van der Waals surface area contributed by atoms with Crippen LogP contribution in [0.2, 0.25) is 0 Å². The maximum atomic E-state index is 12.3. The van der Waals surface area contributed by atoms with E-state index >= 15 is 0 Å². The average molecular weight is 400 g/mol. The summed E-state index contributed by atoms with van der Waals surface area (Å²) >= 11 is 0. The third-order valence-corrected chi connectivity index (χ3v) is 5.59. The predicted octanol–water partition coefficient (Wildman–Crippen LogP) is 4.95. The van der Waals surface area contributed by atoms with Gasteiger partial charge in [0.05, 0.1) is 13.4 Å². The summed E-state index contributed by atoms with van der Waals surface area (Å²) in [5.41, 5.74) is 5.08. The lowest BCUT2D eigenvalue weighted by molar-refractivity contribution is -0.142. The van der Waals surface area contributed by atoms with Gasteiger partial charge in [0, 0.05) is 34.6 Å². The third kappa shape index (κ3) is 4.02. The van der Waals surface area contributed by atoms with Crippen molar-refractivity contribution in [2.75, 3.05) is 7.11 Å². The number of allylic oxidation sites excluding steroid dienone is 1. The lowest BCUT2D eigenvalue weighted by Crippen LogP contribution is -2.15. The van der Waals surface area contributed by atoms with Crippen LogP contribution in [-0.2, 0) is 38.7 Å². The van der Waals surface area contributed by atoms with E-state index < -0.39 is 0 Å². The van der Waals surface area contributed by atoms with Gasteiger partial charge in [-0.25, -0.2) is 4.79 Å². The SMILES string of the molecule is CC=C(C)C(=O)OCc1c2c(c(OC)c3occ(COC(C)=O)c13)CCCC2C. The number of furan rings is 1. The van der Waals surface area contributed by atoms with E-state index in [1.807, 2.05) is 0 Å². The maximum Gasteiger partial charge on any atom is 0.333 e. The smallest absolute Gasteiger partial charge is 0.333 e. The molecule has 1 aromatic heterocycles. The highest BCUT2D eigenvalue weighted by Gasteiger charge is 2.30. The Kier molecular flexibility index (Phi) is 6.30. The number of benzene rings is 1. The number of fused-ring (bicyclic) bond motifs is 2. The predicted molar refractivity (Wildman–Crippen MR) is 109 cm³/mol. The van der Waals surface area contributed by atoms with Crippen LogP contribution in [0.1, 0.15) is 68.7 Å². The summed E-state index contributed by atoms with van der Waals surface area (Å²) in [6.45, 7) is 7.30. The molecule has 0 saturated heterocycles. The molecule has 29 heavy (non-hydrogen) atoms. The van der Waals surface area contributed by atoms with Crippen LogP contribution in [0.3, 0.4) is 0 Å². The molecule has 0 fully saturated rings. The zero-order valence-corrected chi connectivity index (χ0v) is 17.7. The number of esters is 2. The van der Waals surface area contributed by atoms with E-state index in [1.165, 1.54) is 6.92 Å². The van der Waals surface area contributed by atoms with Gasteiger partial charge in [-0.2, -0.15) is 0 Å².